The molecule has 0 atom stereocenters. The minimum atomic E-state index is 0. The normalized spacial score (nSPS) is 13.4. The van der Waals surface area contributed by atoms with Crippen LogP contribution in [0.15, 0.2) is 47.5 Å². The number of nitrogens with one attached hydrogen (secondary N) is 1. The van der Waals surface area contributed by atoms with Crippen molar-refractivity contribution in [3.8, 4) is 0 Å². The molecule has 0 saturated heterocycles. The number of fused-ring (bicyclic) bond motifs is 1. The number of anilines is 1. The monoisotopic (exact) mass is 407 g/mol. The molecular formula is C18H22IN3. The maximum atomic E-state index is 5.96. The van der Waals surface area contributed by atoms with E-state index in [0.29, 0.717) is 12.5 Å². The molecule has 0 saturated carbocycles. The van der Waals surface area contributed by atoms with Gasteiger partial charge in [0.15, 0.2) is 5.96 Å². The molecule has 0 fully saturated rings. The molecule has 0 aromatic heterocycles. The fourth-order valence-corrected chi connectivity index (χ4v) is 2.81. The minimum absolute atomic E-state index is 0. The largest absolute Gasteiger partial charge is 0.370 e. The maximum Gasteiger partial charge on any atom is 0.193 e. The van der Waals surface area contributed by atoms with Crippen LogP contribution in [0.4, 0.5) is 5.69 Å². The van der Waals surface area contributed by atoms with Gasteiger partial charge < -0.3 is 11.1 Å². The van der Waals surface area contributed by atoms with E-state index in [1.165, 1.54) is 41.5 Å². The van der Waals surface area contributed by atoms with Crippen LogP contribution in [-0.4, -0.2) is 5.96 Å². The molecule has 22 heavy (non-hydrogen) atoms. The van der Waals surface area contributed by atoms with Crippen molar-refractivity contribution in [2.45, 2.75) is 32.7 Å². The first kappa shape index (κ1) is 16.8. The van der Waals surface area contributed by atoms with Crippen molar-refractivity contribution in [2.75, 3.05) is 5.32 Å². The van der Waals surface area contributed by atoms with E-state index in [9.17, 15) is 0 Å². The average Bonchev–Trinajstić information content (AvgIpc) is 2.92. The highest BCUT2D eigenvalue weighted by atomic mass is 127. The van der Waals surface area contributed by atoms with Crippen LogP contribution in [0, 0.1) is 6.92 Å². The van der Waals surface area contributed by atoms with E-state index in [2.05, 4.69) is 47.6 Å². The SMILES string of the molecule is Cc1cccc(NC(N)=NCc2ccc3c(c2)CCC3)c1.I. The number of benzene rings is 2. The van der Waals surface area contributed by atoms with Crippen LogP contribution < -0.4 is 11.1 Å². The van der Waals surface area contributed by atoms with Gasteiger partial charge in [-0.15, -0.1) is 24.0 Å². The van der Waals surface area contributed by atoms with Crippen LogP contribution >= 0.6 is 24.0 Å². The van der Waals surface area contributed by atoms with Crippen molar-refractivity contribution in [1.82, 2.24) is 0 Å². The zero-order chi connectivity index (χ0) is 14.7. The second-order valence-corrected chi connectivity index (χ2v) is 5.65. The van der Waals surface area contributed by atoms with E-state index >= 15 is 0 Å². The summed E-state index contributed by atoms with van der Waals surface area (Å²) in [5.41, 5.74) is 12.3. The van der Waals surface area contributed by atoms with Crippen molar-refractivity contribution >= 4 is 35.6 Å². The van der Waals surface area contributed by atoms with Gasteiger partial charge in [-0.1, -0.05) is 30.3 Å². The number of guanidine groups is 1. The van der Waals surface area contributed by atoms with E-state index in [1.807, 2.05) is 12.1 Å². The lowest BCUT2D eigenvalue weighted by molar-refractivity contribution is 0.911. The number of hydrogen-bond acceptors (Lipinski definition) is 1. The van der Waals surface area contributed by atoms with Crippen molar-refractivity contribution in [1.29, 1.82) is 0 Å². The molecular weight excluding hydrogens is 385 g/mol. The minimum Gasteiger partial charge on any atom is -0.370 e. The third-order valence-corrected chi connectivity index (χ3v) is 3.89. The highest BCUT2D eigenvalue weighted by Gasteiger charge is 2.10. The summed E-state index contributed by atoms with van der Waals surface area (Å²) < 4.78 is 0. The lowest BCUT2D eigenvalue weighted by Gasteiger charge is -2.07. The molecule has 0 spiro atoms. The highest BCUT2D eigenvalue weighted by Crippen LogP contribution is 2.23. The average molecular weight is 407 g/mol. The second kappa shape index (κ2) is 7.63. The van der Waals surface area contributed by atoms with E-state index < -0.39 is 0 Å². The second-order valence-electron chi connectivity index (χ2n) is 5.65. The molecule has 1 aliphatic carbocycles. The molecule has 3 nitrogen and oxygen atoms in total. The highest BCUT2D eigenvalue weighted by molar-refractivity contribution is 14.0. The Bertz CT molecular complexity index is 680. The van der Waals surface area contributed by atoms with Gasteiger partial charge in [0.25, 0.3) is 0 Å². The molecule has 2 aromatic rings. The summed E-state index contributed by atoms with van der Waals surface area (Å²) in [6.07, 6.45) is 3.69. The van der Waals surface area contributed by atoms with E-state index in [0.717, 1.165) is 5.69 Å². The first-order chi connectivity index (χ1) is 10.2. The van der Waals surface area contributed by atoms with Crippen molar-refractivity contribution < 1.29 is 0 Å². The Morgan fingerprint density at radius 2 is 1.95 bits per heavy atom. The number of rotatable bonds is 3. The predicted molar refractivity (Wildman–Crippen MR) is 104 cm³/mol. The summed E-state index contributed by atoms with van der Waals surface area (Å²) >= 11 is 0. The maximum absolute atomic E-state index is 5.96. The Hall–Kier alpha value is -1.56. The molecule has 2 aromatic carbocycles. The molecule has 3 rings (SSSR count). The fourth-order valence-electron chi connectivity index (χ4n) is 2.81. The lowest BCUT2D eigenvalue weighted by atomic mass is 10.1. The first-order valence-electron chi connectivity index (χ1n) is 7.45. The quantitative estimate of drug-likeness (QED) is 0.459. The van der Waals surface area contributed by atoms with Gasteiger partial charge in [0.05, 0.1) is 6.54 Å². The fraction of sp³-hybridized carbons (Fsp3) is 0.278. The summed E-state index contributed by atoms with van der Waals surface area (Å²) in [6, 6.07) is 14.8. The van der Waals surface area contributed by atoms with Gasteiger partial charge in [-0.05, 0) is 60.6 Å². The van der Waals surface area contributed by atoms with Crippen molar-refractivity contribution in [2.24, 2.45) is 10.7 Å². The van der Waals surface area contributed by atoms with Gasteiger partial charge in [0.2, 0.25) is 0 Å². The topological polar surface area (TPSA) is 50.4 Å². The van der Waals surface area contributed by atoms with Gasteiger partial charge in [-0.3, -0.25) is 0 Å². The third kappa shape index (κ3) is 4.22. The Kier molecular flexibility index (Phi) is 5.83. The predicted octanol–water partition coefficient (Wildman–Crippen LogP) is 4.03. The van der Waals surface area contributed by atoms with Crippen molar-refractivity contribution in [3.63, 3.8) is 0 Å². The number of hydrogen-bond donors (Lipinski definition) is 2. The van der Waals surface area contributed by atoms with E-state index in [4.69, 9.17) is 5.73 Å². The van der Waals surface area contributed by atoms with Gasteiger partial charge in [-0.2, -0.15) is 0 Å². The Morgan fingerprint density at radius 1 is 1.14 bits per heavy atom. The molecule has 116 valence electrons. The number of halogens is 1. The summed E-state index contributed by atoms with van der Waals surface area (Å²) in [7, 11) is 0. The number of nitrogens with two attached hydrogens (primary N) is 1. The first-order valence-corrected chi connectivity index (χ1v) is 7.45. The molecule has 0 radical (unpaired) electrons. The molecule has 0 bridgehead atoms. The zero-order valence-corrected chi connectivity index (χ0v) is 15.1. The van der Waals surface area contributed by atoms with Crippen LogP contribution in [0.2, 0.25) is 0 Å². The molecule has 3 N–H and O–H groups in total. The summed E-state index contributed by atoms with van der Waals surface area (Å²) in [6.45, 7) is 2.68. The van der Waals surface area contributed by atoms with Crippen LogP contribution in [0.1, 0.15) is 28.7 Å². The number of aryl methyl sites for hydroxylation is 3. The van der Waals surface area contributed by atoms with Crippen LogP contribution in [0.25, 0.3) is 0 Å². The standard InChI is InChI=1S/C18H21N3.HI/c1-13-4-2-7-17(10-13)21-18(19)20-12-14-8-9-15-5-3-6-16(15)11-14;/h2,4,7-11H,3,5-6,12H2,1H3,(H3,19,20,21);1H. The molecule has 1 aliphatic rings. The van der Waals surface area contributed by atoms with Crippen LogP contribution in [0.5, 0.6) is 0 Å². The third-order valence-electron chi connectivity index (χ3n) is 3.89. The molecule has 0 heterocycles. The Balaban J connectivity index is 0.00000176. The summed E-state index contributed by atoms with van der Waals surface area (Å²) in [5.74, 6) is 0.459. The molecule has 0 amide bonds. The van der Waals surface area contributed by atoms with E-state index in [-0.39, 0.29) is 24.0 Å². The lowest BCUT2D eigenvalue weighted by Crippen LogP contribution is -2.22. The Morgan fingerprint density at radius 3 is 2.77 bits per heavy atom. The van der Waals surface area contributed by atoms with Gasteiger partial charge in [0.1, 0.15) is 0 Å². The molecule has 0 aliphatic heterocycles. The number of nitrogens with zero attached hydrogens (tertiary/aromatic N) is 1. The Labute approximate surface area is 149 Å². The molecule has 0 unspecified atom stereocenters. The van der Waals surface area contributed by atoms with E-state index in [1.54, 1.807) is 0 Å². The van der Waals surface area contributed by atoms with Gasteiger partial charge in [-0.25, -0.2) is 4.99 Å². The van der Waals surface area contributed by atoms with Gasteiger partial charge in [0, 0.05) is 5.69 Å². The smallest absolute Gasteiger partial charge is 0.193 e. The summed E-state index contributed by atoms with van der Waals surface area (Å²) in [4.78, 5) is 4.43. The summed E-state index contributed by atoms with van der Waals surface area (Å²) in [5, 5.41) is 3.13. The van der Waals surface area contributed by atoms with Gasteiger partial charge >= 0.3 is 0 Å². The van der Waals surface area contributed by atoms with Crippen molar-refractivity contribution in [3.05, 3.63) is 64.7 Å². The van der Waals surface area contributed by atoms with Crippen LogP contribution in [-0.2, 0) is 19.4 Å². The molecule has 4 heteroatoms. The van der Waals surface area contributed by atoms with Crippen LogP contribution in [0.3, 0.4) is 0 Å². The zero-order valence-electron chi connectivity index (χ0n) is 12.8. The number of aliphatic imine (C=N–C) groups is 1.